The summed E-state index contributed by atoms with van der Waals surface area (Å²) in [5.41, 5.74) is 9.63. The van der Waals surface area contributed by atoms with Gasteiger partial charge in [0.05, 0.1) is 13.0 Å². The van der Waals surface area contributed by atoms with Gasteiger partial charge in [0, 0.05) is 12.2 Å². The second kappa shape index (κ2) is 9.18. The topological polar surface area (TPSA) is 64.3 Å². The molecule has 0 saturated heterocycles. The number of nitrogens with two attached hydrogens (primary N) is 1. The van der Waals surface area contributed by atoms with E-state index in [-0.39, 0.29) is 18.3 Å². The Hall–Kier alpha value is -2.04. The summed E-state index contributed by atoms with van der Waals surface area (Å²) in [5.74, 6) is 0.760. The van der Waals surface area contributed by atoms with Crippen molar-refractivity contribution in [3.05, 3.63) is 59.2 Å². The maximum absolute atomic E-state index is 11.9. The van der Waals surface area contributed by atoms with Gasteiger partial charge in [0.25, 0.3) is 0 Å². The summed E-state index contributed by atoms with van der Waals surface area (Å²) in [5, 5.41) is 2.84. The van der Waals surface area contributed by atoms with Crippen LogP contribution in [-0.2, 0) is 11.3 Å². The molecule has 0 aliphatic carbocycles. The van der Waals surface area contributed by atoms with E-state index in [1.165, 1.54) is 5.56 Å². The standard InChI is InChI=1S/C18H22N2O2.ClH/c1-13-3-8-17(14(2)11-13)22-10-9-18(21)20-16-6-4-15(12-19)5-7-16;/h3-8,11H,9-10,12,19H2,1-2H3,(H,20,21);1H. The summed E-state index contributed by atoms with van der Waals surface area (Å²) < 4.78 is 5.66. The maximum atomic E-state index is 11.9. The van der Waals surface area contributed by atoms with Crippen molar-refractivity contribution >= 4 is 24.0 Å². The molecule has 0 spiro atoms. The summed E-state index contributed by atoms with van der Waals surface area (Å²) in [4.78, 5) is 11.9. The van der Waals surface area contributed by atoms with Crippen molar-refractivity contribution < 1.29 is 9.53 Å². The van der Waals surface area contributed by atoms with Gasteiger partial charge in [-0.25, -0.2) is 0 Å². The molecule has 0 unspecified atom stereocenters. The number of benzene rings is 2. The number of anilines is 1. The third kappa shape index (κ3) is 5.93. The lowest BCUT2D eigenvalue weighted by Gasteiger charge is -2.10. The third-order valence-corrected chi connectivity index (χ3v) is 3.39. The minimum Gasteiger partial charge on any atom is -0.493 e. The van der Waals surface area contributed by atoms with Crippen LogP contribution in [0.1, 0.15) is 23.1 Å². The van der Waals surface area contributed by atoms with E-state index in [4.69, 9.17) is 10.5 Å². The van der Waals surface area contributed by atoms with Crippen molar-refractivity contribution in [2.24, 2.45) is 5.73 Å². The monoisotopic (exact) mass is 334 g/mol. The molecule has 124 valence electrons. The molecule has 0 fully saturated rings. The van der Waals surface area contributed by atoms with E-state index < -0.39 is 0 Å². The van der Waals surface area contributed by atoms with E-state index in [1.54, 1.807) is 0 Å². The molecule has 2 aromatic carbocycles. The zero-order chi connectivity index (χ0) is 15.9. The van der Waals surface area contributed by atoms with E-state index >= 15 is 0 Å². The van der Waals surface area contributed by atoms with Crippen LogP contribution in [0.25, 0.3) is 0 Å². The lowest BCUT2D eigenvalue weighted by atomic mass is 10.1. The third-order valence-electron chi connectivity index (χ3n) is 3.39. The highest BCUT2D eigenvalue weighted by molar-refractivity contribution is 5.90. The number of carbonyl (C=O) groups excluding carboxylic acids is 1. The number of hydrogen-bond donors (Lipinski definition) is 2. The molecule has 0 saturated carbocycles. The van der Waals surface area contributed by atoms with Crippen LogP contribution in [0.3, 0.4) is 0 Å². The van der Waals surface area contributed by atoms with Gasteiger partial charge >= 0.3 is 0 Å². The van der Waals surface area contributed by atoms with Crippen LogP contribution in [-0.4, -0.2) is 12.5 Å². The van der Waals surface area contributed by atoms with Crippen molar-refractivity contribution in [3.8, 4) is 5.75 Å². The minimum atomic E-state index is -0.0646. The average Bonchev–Trinajstić information content (AvgIpc) is 2.50. The van der Waals surface area contributed by atoms with Gasteiger partial charge in [0.1, 0.15) is 5.75 Å². The Bertz CT molecular complexity index is 642. The van der Waals surface area contributed by atoms with Gasteiger partial charge in [-0.2, -0.15) is 0 Å². The highest BCUT2D eigenvalue weighted by Gasteiger charge is 2.04. The van der Waals surface area contributed by atoms with Crippen molar-refractivity contribution in [1.82, 2.24) is 0 Å². The fourth-order valence-corrected chi connectivity index (χ4v) is 2.16. The molecule has 0 heterocycles. The first kappa shape index (κ1) is 19.0. The molecule has 2 aromatic rings. The summed E-state index contributed by atoms with van der Waals surface area (Å²) in [7, 11) is 0. The Morgan fingerprint density at radius 3 is 2.43 bits per heavy atom. The lowest BCUT2D eigenvalue weighted by Crippen LogP contribution is -2.15. The molecule has 23 heavy (non-hydrogen) atoms. The first-order valence-corrected chi connectivity index (χ1v) is 7.37. The largest absolute Gasteiger partial charge is 0.493 e. The summed E-state index contributed by atoms with van der Waals surface area (Å²) in [6, 6.07) is 13.5. The maximum Gasteiger partial charge on any atom is 0.227 e. The fraction of sp³-hybridized carbons (Fsp3) is 0.278. The van der Waals surface area contributed by atoms with E-state index in [0.29, 0.717) is 19.6 Å². The lowest BCUT2D eigenvalue weighted by molar-refractivity contribution is -0.116. The van der Waals surface area contributed by atoms with Crippen LogP contribution < -0.4 is 15.8 Å². The van der Waals surface area contributed by atoms with E-state index in [1.807, 2.05) is 50.2 Å². The molecule has 3 N–H and O–H groups in total. The Labute approximate surface area is 143 Å². The normalized spacial score (nSPS) is 9.87. The van der Waals surface area contributed by atoms with E-state index in [9.17, 15) is 4.79 Å². The fourth-order valence-electron chi connectivity index (χ4n) is 2.16. The molecule has 2 rings (SSSR count). The predicted molar refractivity (Wildman–Crippen MR) is 96.2 cm³/mol. The number of amides is 1. The van der Waals surface area contributed by atoms with Crippen molar-refractivity contribution in [3.63, 3.8) is 0 Å². The van der Waals surface area contributed by atoms with Crippen LogP contribution in [0.4, 0.5) is 5.69 Å². The van der Waals surface area contributed by atoms with Crippen LogP contribution in [0.15, 0.2) is 42.5 Å². The van der Waals surface area contributed by atoms with Crippen molar-refractivity contribution in [1.29, 1.82) is 0 Å². The number of carbonyl (C=O) groups is 1. The first-order chi connectivity index (χ1) is 10.6. The van der Waals surface area contributed by atoms with Gasteiger partial charge in [-0.05, 0) is 43.2 Å². The second-order valence-corrected chi connectivity index (χ2v) is 5.32. The Morgan fingerprint density at radius 2 is 1.83 bits per heavy atom. The SMILES string of the molecule is Cc1ccc(OCCC(=O)Nc2ccc(CN)cc2)c(C)c1.Cl. The van der Waals surface area contributed by atoms with Crippen molar-refractivity contribution in [2.45, 2.75) is 26.8 Å². The predicted octanol–water partition coefficient (Wildman–Crippen LogP) is 3.59. The average molecular weight is 335 g/mol. The molecular weight excluding hydrogens is 312 g/mol. The number of halogens is 1. The van der Waals surface area contributed by atoms with Gasteiger partial charge < -0.3 is 15.8 Å². The van der Waals surface area contributed by atoms with Crippen molar-refractivity contribution in [2.75, 3.05) is 11.9 Å². The van der Waals surface area contributed by atoms with Crippen LogP contribution in [0.2, 0.25) is 0 Å². The zero-order valence-electron chi connectivity index (χ0n) is 13.5. The van der Waals surface area contributed by atoms with E-state index in [2.05, 4.69) is 11.4 Å². The number of nitrogens with one attached hydrogen (secondary N) is 1. The molecule has 0 aliphatic heterocycles. The Morgan fingerprint density at radius 1 is 1.13 bits per heavy atom. The zero-order valence-corrected chi connectivity index (χ0v) is 14.3. The molecular formula is C18H23ClN2O2. The Kier molecular flexibility index (Phi) is 7.59. The second-order valence-electron chi connectivity index (χ2n) is 5.32. The van der Waals surface area contributed by atoms with Gasteiger partial charge in [-0.1, -0.05) is 29.8 Å². The highest BCUT2D eigenvalue weighted by Crippen LogP contribution is 2.18. The quantitative estimate of drug-likeness (QED) is 0.848. The molecule has 0 aliphatic rings. The van der Waals surface area contributed by atoms with Crippen LogP contribution in [0, 0.1) is 13.8 Å². The molecule has 1 amide bonds. The first-order valence-electron chi connectivity index (χ1n) is 7.37. The number of aryl methyl sites for hydroxylation is 2. The number of ether oxygens (including phenoxy) is 1. The van der Waals surface area contributed by atoms with Crippen LogP contribution >= 0.6 is 12.4 Å². The van der Waals surface area contributed by atoms with Crippen LogP contribution in [0.5, 0.6) is 5.75 Å². The minimum absolute atomic E-state index is 0. The Balaban J connectivity index is 0.00000264. The van der Waals surface area contributed by atoms with Gasteiger partial charge in [-0.15, -0.1) is 12.4 Å². The summed E-state index contributed by atoms with van der Waals surface area (Å²) in [6.45, 7) is 4.90. The summed E-state index contributed by atoms with van der Waals surface area (Å²) >= 11 is 0. The van der Waals surface area contributed by atoms with E-state index in [0.717, 1.165) is 22.6 Å². The summed E-state index contributed by atoms with van der Waals surface area (Å²) in [6.07, 6.45) is 0.311. The highest BCUT2D eigenvalue weighted by atomic mass is 35.5. The molecule has 0 aromatic heterocycles. The number of hydrogen-bond acceptors (Lipinski definition) is 3. The van der Waals surface area contributed by atoms with Gasteiger partial charge in [0.2, 0.25) is 5.91 Å². The molecule has 0 radical (unpaired) electrons. The molecule has 4 nitrogen and oxygen atoms in total. The molecule has 0 bridgehead atoms. The molecule has 0 atom stereocenters. The molecule has 5 heteroatoms. The smallest absolute Gasteiger partial charge is 0.227 e. The van der Waals surface area contributed by atoms with Gasteiger partial charge in [0.15, 0.2) is 0 Å². The van der Waals surface area contributed by atoms with Gasteiger partial charge in [-0.3, -0.25) is 4.79 Å². The number of rotatable bonds is 6.